The van der Waals surface area contributed by atoms with Gasteiger partial charge in [0.05, 0.1) is 12.2 Å². The molecular weight excluding hydrogens is 232 g/mol. The molecule has 0 heterocycles. The van der Waals surface area contributed by atoms with Gasteiger partial charge >= 0.3 is 0 Å². The zero-order chi connectivity index (χ0) is 12.8. The molecule has 0 aromatic heterocycles. The monoisotopic (exact) mass is 243 g/mol. The van der Waals surface area contributed by atoms with Crippen molar-refractivity contribution in [1.82, 2.24) is 5.32 Å². The van der Waals surface area contributed by atoms with Gasteiger partial charge in [-0.25, -0.2) is 8.78 Å². The Morgan fingerprint density at radius 1 is 1.35 bits per heavy atom. The van der Waals surface area contributed by atoms with Crippen LogP contribution in [0.15, 0.2) is 18.2 Å². The van der Waals surface area contributed by atoms with Crippen LogP contribution in [0.3, 0.4) is 0 Å². The number of carbonyl (C=O) groups excluding carboxylic acids is 2. The lowest BCUT2D eigenvalue weighted by atomic mass is 10.1. The molecule has 0 radical (unpaired) electrons. The second kappa shape index (κ2) is 6.05. The highest BCUT2D eigenvalue weighted by Gasteiger charge is 2.20. The van der Waals surface area contributed by atoms with E-state index < -0.39 is 28.9 Å². The molecule has 0 unspecified atom stereocenters. The Bertz CT molecular complexity index is 435. The first-order valence-electron chi connectivity index (χ1n) is 4.82. The number of ketones is 1. The minimum absolute atomic E-state index is 0.123. The molecule has 0 aliphatic heterocycles. The first-order chi connectivity index (χ1) is 8.06. The highest BCUT2D eigenvalue weighted by molar-refractivity contribution is 6.42. The molecule has 1 amide bonds. The number of carbonyl (C=O) groups is 2. The maximum atomic E-state index is 13.2. The number of Topliss-reactive ketones (excluding diaryl/α,β-unsaturated/α-hetero) is 1. The van der Waals surface area contributed by atoms with Gasteiger partial charge in [-0.3, -0.25) is 9.59 Å². The summed E-state index contributed by atoms with van der Waals surface area (Å²) in [6, 6.07) is 2.35. The fourth-order valence-electron chi connectivity index (χ4n) is 1.14. The topological polar surface area (TPSA) is 55.4 Å². The van der Waals surface area contributed by atoms with Crippen LogP contribution >= 0.6 is 0 Å². The lowest BCUT2D eigenvalue weighted by molar-refractivity contribution is -0.117. The third-order valence-electron chi connectivity index (χ3n) is 1.97. The molecule has 1 aromatic rings. The Morgan fingerprint density at radius 2 is 2.06 bits per heavy atom. The number of halogens is 2. The van der Waals surface area contributed by atoms with Gasteiger partial charge < -0.3 is 10.1 Å². The highest BCUT2D eigenvalue weighted by atomic mass is 19.1. The van der Waals surface area contributed by atoms with Crippen LogP contribution in [0.25, 0.3) is 0 Å². The number of hydrogen-bond donors (Lipinski definition) is 1. The molecule has 0 atom stereocenters. The Morgan fingerprint density at radius 3 is 2.71 bits per heavy atom. The molecule has 0 spiro atoms. The predicted octanol–water partition coefficient (Wildman–Crippen LogP) is 0.910. The van der Waals surface area contributed by atoms with Crippen molar-refractivity contribution in [2.45, 2.75) is 0 Å². The van der Waals surface area contributed by atoms with Crippen molar-refractivity contribution >= 4 is 11.7 Å². The average molecular weight is 243 g/mol. The molecule has 0 saturated heterocycles. The number of methoxy groups -OCH3 is 1. The van der Waals surface area contributed by atoms with Crippen LogP contribution in [0.5, 0.6) is 0 Å². The van der Waals surface area contributed by atoms with Gasteiger partial charge in [0.25, 0.3) is 11.7 Å². The number of benzene rings is 1. The van der Waals surface area contributed by atoms with E-state index in [0.717, 1.165) is 12.1 Å². The molecule has 0 fully saturated rings. The quantitative estimate of drug-likeness (QED) is 0.475. The third-order valence-corrected chi connectivity index (χ3v) is 1.97. The third kappa shape index (κ3) is 3.60. The zero-order valence-corrected chi connectivity index (χ0v) is 9.13. The van der Waals surface area contributed by atoms with Gasteiger partial charge in [-0.1, -0.05) is 0 Å². The average Bonchev–Trinajstić information content (AvgIpc) is 2.31. The summed E-state index contributed by atoms with van der Waals surface area (Å²) in [7, 11) is 1.43. The van der Waals surface area contributed by atoms with E-state index in [1.165, 1.54) is 7.11 Å². The second-order valence-corrected chi connectivity index (χ2v) is 3.20. The summed E-state index contributed by atoms with van der Waals surface area (Å²) in [6.07, 6.45) is 0. The molecule has 0 bridgehead atoms. The van der Waals surface area contributed by atoms with Crippen molar-refractivity contribution < 1.29 is 23.1 Å². The van der Waals surface area contributed by atoms with Crippen molar-refractivity contribution in [3.63, 3.8) is 0 Å². The maximum Gasteiger partial charge on any atom is 0.292 e. The molecule has 1 aromatic carbocycles. The molecule has 1 N–H and O–H groups in total. The van der Waals surface area contributed by atoms with E-state index in [-0.39, 0.29) is 13.2 Å². The molecule has 4 nitrogen and oxygen atoms in total. The Kier molecular flexibility index (Phi) is 4.71. The van der Waals surface area contributed by atoms with E-state index in [4.69, 9.17) is 0 Å². The second-order valence-electron chi connectivity index (χ2n) is 3.20. The molecule has 1 rings (SSSR count). The van der Waals surface area contributed by atoms with Crippen molar-refractivity contribution in [3.8, 4) is 0 Å². The van der Waals surface area contributed by atoms with Crippen molar-refractivity contribution in [1.29, 1.82) is 0 Å². The molecule has 17 heavy (non-hydrogen) atoms. The van der Waals surface area contributed by atoms with Crippen molar-refractivity contribution in [2.75, 3.05) is 20.3 Å². The van der Waals surface area contributed by atoms with Gasteiger partial charge in [0.15, 0.2) is 0 Å². The van der Waals surface area contributed by atoms with Gasteiger partial charge in [-0.15, -0.1) is 0 Å². The van der Waals surface area contributed by atoms with Gasteiger partial charge in [0.1, 0.15) is 11.6 Å². The van der Waals surface area contributed by atoms with Crippen LogP contribution in [-0.4, -0.2) is 32.0 Å². The first kappa shape index (κ1) is 13.2. The van der Waals surface area contributed by atoms with E-state index in [2.05, 4.69) is 10.1 Å². The maximum absolute atomic E-state index is 13.2. The van der Waals surface area contributed by atoms with E-state index in [0.29, 0.717) is 6.07 Å². The van der Waals surface area contributed by atoms with Gasteiger partial charge in [0, 0.05) is 13.7 Å². The lowest BCUT2D eigenvalue weighted by Crippen LogP contribution is -2.33. The number of ether oxygens (including phenoxy) is 1. The van der Waals surface area contributed by atoms with Crippen LogP contribution < -0.4 is 5.32 Å². The Labute approximate surface area is 96.6 Å². The number of amides is 1. The Hall–Kier alpha value is -1.82. The summed E-state index contributed by atoms with van der Waals surface area (Å²) in [5.74, 6) is -3.82. The minimum Gasteiger partial charge on any atom is -0.383 e. The fourth-order valence-corrected chi connectivity index (χ4v) is 1.14. The largest absolute Gasteiger partial charge is 0.383 e. The van der Waals surface area contributed by atoms with Gasteiger partial charge in [-0.05, 0) is 18.2 Å². The van der Waals surface area contributed by atoms with Gasteiger partial charge in [0.2, 0.25) is 0 Å². The smallest absolute Gasteiger partial charge is 0.292 e. The summed E-state index contributed by atoms with van der Waals surface area (Å²) in [5.41, 5.74) is -0.583. The summed E-state index contributed by atoms with van der Waals surface area (Å²) in [4.78, 5) is 22.7. The fraction of sp³-hybridized carbons (Fsp3) is 0.273. The molecule has 0 aliphatic carbocycles. The highest BCUT2D eigenvalue weighted by Crippen LogP contribution is 2.10. The van der Waals surface area contributed by atoms with Crippen LogP contribution in [0.4, 0.5) is 8.78 Å². The zero-order valence-electron chi connectivity index (χ0n) is 9.13. The standard InChI is InChI=1S/C11H11F2NO3/c1-17-5-4-14-11(16)10(15)8-6-7(12)2-3-9(8)13/h2-3,6H,4-5H2,1H3,(H,14,16). The lowest BCUT2D eigenvalue weighted by Gasteiger charge is -2.04. The number of rotatable bonds is 5. The molecule has 0 aliphatic rings. The summed E-state index contributed by atoms with van der Waals surface area (Å²) in [6.45, 7) is 0.350. The molecule has 0 saturated carbocycles. The van der Waals surface area contributed by atoms with Gasteiger partial charge in [-0.2, -0.15) is 0 Å². The van der Waals surface area contributed by atoms with Crippen LogP contribution in [0.2, 0.25) is 0 Å². The van der Waals surface area contributed by atoms with Crippen LogP contribution in [0.1, 0.15) is 10.4 Å². The first-order valence-corrected chi connectivity index (χ1v) is 4.82. The number of nitrogens with one attached hydrogen (secondary N) is 1. The summed E-state index contributed by atoms with van der Waals surface area (Å²) in [5, 5.41) is 2.23. The SMILES string of the molecule is COCCNC(=O)C(=O)c1cc(F)ccc1F. The predicted molar refractivity (Wildman–Crippen MR) is 55.6 cm³/mol. The van der Waals surface area contributed by atoms with E-state index in [1.807, 2.05) is 0 Å². The van der Waals surface area contributed by atoms with E-state index >= 15 is 0 Å². The molecule has 6 heteroatoms. The summed E-state index contributed by atoms with van der Waals surface area (Å²) >= 11 is 0. The van der Waals surface area contributed by atoms with Crippen LogP contribution in [0, 0.1) is 11.6 Å². The van der Waals surface area contributed by atoms with Crippen LogP contribution in [-0.2, 0) is 9.53 Å². The Balaban J connectivity index is 2.75. The summed E-state index contributed by atoms with van der Waals surface area (Å²) < 4.78 is 30.6. The molecule has 92 valence electrons. The van der Waals surface area contributed by atoms with Crippen molar-refractivity contribution in [3.05, 3.63) is 35.4 Å². The molecular formula is C11H11F2NO3. The normalized spacial score (nSPS) is 10.1. The van der Waals surface area contributed by atoms with E-state index in [1.54, 1.807) is 0 Å². The van der Waals surface area contributed by atoms with E-state index in [9.17, 15) is 18.4 Å². The minimum atomic E-state index is -1.11. The van der Waals surface area contributed by atoms with Crippen molar-refractivity contribution in [2.24, 2.45) is 0 Å². The number of hydrogen-bond acceptors (Lipinski definition) is 3.